The molecular weight excluding hydrogens is 463 g/mol. The van der Waals surface area contributed by atoms with E-state index in [0.717, 1.165) is 25.0 Å². The number of carbonyl (C=O) groups excluding carboxylic acids is 3. The van der Waals surface area contributed by atoms with Gasteiger partial charge in [-0.3, -0.25) is 19.2 Å². The largest absolute Gasteiger partial charge is 0.352 e. The molecule has 3 N–H and O–H groups in total. The molecule has 180 valence electrons. The molecule has 2 aliphatic rings. The minimum Gasteiger partial charge on any atom is -0.352 e. The highest BCUT2D eigenvalue weighted by Crippen LogP contribution is 2.35. The molecule has 2 aromatic carbocycles. The standard InChI is InChI=1S/C23H25FN4O5S/c24-17-6-8-18(9-7-17)27-34(32,33)19-10-4-16(5-11-19)20(29)25-14-3-15-28-21(30)23(26-22(28)31)12-1-2-13-23/h4-11,27H,1-3,12-15H2,(H,25,29)(H,26,31). The van der Waals surface area contributed by atoms with Crippen molar-refractivity contribution in [2.45, 2.75) is 42.5 Å². The molecule has 0 radical (unpaired) electrons. The molecule has 1 spiro atoms. The topological polar surface area (TPSA) is 125 Å². The van der Waals surface area contributed by atoms with E-state index in [2.05, 4.69) is 15.4 Å². The molecule has 2 aromatic rings. The summed E-state index contributed by atoms with van der Waals surface area (Å²) < 4.78 is 40.3. The Kier molecular flexibility index (Phi) is 6.56. The minimum atomic E-state index is -3.90. The van der Waals surface area contributed by atoms with E-state index in [1.165, 1.54) is 41.3 Å². The van der Waals surface area contributed by atoms with E-state index in [-0.39, 0.29) is 41.2 Å². The Morgan fingerprint density at radius 3 is 2.32 bits per heavy atom. The number of rotatable bonds is 8. The predicted octanol–water partition coefficient (Wildman–Crippen LogP) is 2.61. The second-order valence-corrected chi connectivity index (χ2v) is 10.1. The summed E-state index contributed by atoms with van der Waals surface area (Å²) in [6, 6.07) is 9.89. The number of hydrogen-bond donors (Lipinski definition) is 3. The van der Waals surface area contributed by atoms with Crippen molar-refractivity contribution in [3.05, 3.63) is 59.9 Å². The first-order valence-corrected chi connectivity index (χ1v) is 12.5. The summed E-state index contributed by atoms with van der Waals surface area (Å²) in [5, 5.41) is 5.53. The summed E-state index contributed by atoms with van der Waals surface area (Å²) in [6.45, 7) is 0.452. The molecule has 4 rings (SSSR count). The van der Waals surface area contributed by atoms with Crippen LogP contribution in [-0.2, 0) is 14.8 Å². The molecule has 0 aromatic heterocycles. The first-order chi connectivity index (χ1) is 16.2. The first kappa shape index (κ1) is 23.7. The number of nitrogens with zero attached hydrogens (tertiary/aromatic N) is 1. The number of carbonyl (C=O) groups is 3. The zero-order valence-electron chi connectivity index (χ0n) is 18.3. The number of benzene rings is 2. The molecule has 1 heterocycles. The number of urea groups is 1. The van der Waals surface area contributed by atoms with Gasteiger partial charge in [-0.05, 0) is 67.8 Å². The molecule has 1 saturated heterocycles. The van der Waals surface area contributed by atoms with E-state index in [4.69, 9.17) is 0 Å². The molecule has 1 saturated carbocycles. The molecule has 1 aliphatic heterocycles. The van der Waals surface area contributed by atoms with Gasteiger partial charge in [-0.2, -0.15) is 0 Å². The van der Waals surface area contributed by atoms with Gasteiger partial charge in [0.25, 0.3) is 21.8 Å². The zero-order chi connectivity index (χ0) is 24.3. The van der Waals surface area contributed by atoms with E-state index in [0.29, 0.717) is 19.3 Å². The first-order valence-electron chi connectivity index (χ1n) is 11.0. The van der Waals surface area contributed by atoms with Crippen molar-refractivity contribution in [3.8, 4) is 0 Å². The van der Waals surface area contributed by atoms with E-state index < -0.39 is 27.3 Å². The third kappa shape index (κ3) is 4.89. The lowest BCUT2D eigenvalue weighted by molar-refractivity contribution is -0.131. The van der Waals surface area contributed by atoms with Gasteiger partial charge in [0.15, 0.2) is 0 Å². The van der Waals surface area contributed by atoms with E-state index in [1.807, 2.05) is 0 Å². The molecule has 1 aliphatic carbocycles. The maximum atomic E-state index is 13.0. The number of sulfonamides is 1. The molecule has 9 nitrogen and oxygen atoms in total. The van der Waals surface area contributed by atoms with Crippen LogP contribution in [0, 0.1) is 5.82 Å². The SMILES string of the molecule is O=C(NCCCN1C(=O)NC2(CCCC2)C1=O)c1ccc(S(=O)(=O)Nc2ccc(F)cc2)cc1. The van der Waals surface area contributed by atoms with Crippen LogP contribution in [0.1, 0.15) is 42.5 Å². The molecule has 4 amide bonds. The van der Waals surface area contributed by atoms with Gasteiger partial charge in [0.2, 0.25) is 0 Å². The van der Waals surface area contributed by atoms with Crippen LogP contribution in [0.5, 0.6) is 0 Å². The van der Waals surface area contributed by atoms with Crippen molar-refractivity contribution in [3.63, 3.8) is 0 Å². The summed E-state index contributed by atoms with van der Waals surface area (Å²) in [4.78, 5) is 38.3. The molecule has 0 bridgehead atoms. The van der Waals surface area contributed by atoms with E-state index >= 15 is 0 Å². The van der Waals surface area contributed by atoms with Gasteiger partial charge < -0.3 is 10.6 Å². The fraction of sp³-hybridized carbons (Fsp3) is 0.348. The van der Waals surface area contributed by atoms with Crippen LogP contribution in [-0.4, -0.2) is 49.8 Å². The van der Waals surface area contributed by atoms with Gasteiger partial charge in [0.1, 0.15) is 11.4 Å². The van der Waals surface area contributed by atoms with Crippen LogP contribution in [0.3, 0.4) is 0 Å². The lowest BCUT2D eigenvalue weighted by Crippen LogP contribution is -2.44. The van der Waals surface area contributed by atoms with Gasteiger partial charge in [-0.1, -0.05) is 12.8 Å². The number of hydrogen-bond acceptors (Lipinski definition) is 5. The Morgan fingerprint density at radius 1 is 1.03 bits per heavy atom. The van der Waals surface area contributed by atoms with Crippen LogP contribution in [0.4, 0.5) is 14.9 Å². The van der Waals surface area contributed by atoms with Crippen molar-refractivity contribution in [2.75, 3.05) is 17.8 Å². The van der Waals surface area contributed by atoms with Gasteiger partial charge >= 0.3 is 6.03 Å². The van der Waals surface area contributed by atoms with Crippen molar-refractivity contribution < 1.29 is 27.2 Å². The summed E-state index contributed by atoms with van der Waals surface area (Å²) in [6.07, 6.45) is 3.55. The number of imide groups is 1. The normalized spacial score (nSPS) is 17.1. The Hall–Kier alpha value is -3.47. The predicted molar refractivity (Wildman–Crippen MR) is 122 cm³/mol. The number of halogens is 1. The lowest BCUT2D eigenvalue weighted by atomic mass is 9.98. The van der Waals surface area contributed by atoms with Crippen molar-refractivity contribution >= 4 is 33.6 Å². The minimum absolute atomic E-state index is 0.0484. The Morgan fingerprint density at radius 2 is 1.68 bits per heavy atom. The monoisotopic (exact) mass is 488 g/mol. The molecule has 0 atom stereocenters. The Labute approximate surface area is 196 Å². The van der Waals surface area contributed by atoms with Crippen molar-refractivity contribution in [1.29, 1.82) is 0 Å². The smallest absolute Gasteiger partial charge is 0.325 e. The molecule has 11 heteroatoms. The van der Waals surface area contributed by atoms with Crippen LogP contribution >= 0.6 is 0 Å². The fourth-order valence-corrected chi connectivity index (χ4v) is 5.31. The molecule has 0 unspecified atom stereocenters. The maximum absolute atomic E-state index is 13.0. The van der Waals surface area contributed by atoms with Crippen LogP contribution in [0.15, 0.2) is 53.4 Å². The highest BCUT2D eigenvalue weighted by molar-refractivity contribution is 7.92. The third-order valence-electron chi connectivity index (χ3n) is 6.07. The van der Waals surface area contributed by atoms with Crippen molar-refractivity contribution in [2.24, 2.45) is 0 Å². The number of anilines is 1. The maximum Gasteiger partial charge on any atom is 0.325 e. The number of amides is 4. The Bertz CT molecular complexity index is 1190. The summed E-state index contributed by atoms with van der Waals surface area (Å²) >= 11 is 0. The second kappa shape index (κ2) is 9.41. The van der Waals surface area contributed by atoms with Gasteiger partial charge in [0.05, 0.1) is 4.90 Å². The average Bonchev–Trinajstić information content (AvgIpc) is 3.37. The van der Waals surface area contributed by atoms with Crippen LogP contribution < -0.4 is 15.4 Å². The van der Waals surface area contributed by atoms with Crippen LogP contribution in [0.2, 0.25) is 0 Å². The summed E-state index contributed by atoms with van der Waals surface area (Å²) in [5.74, 6) is -1.07. The van der Waals surface area contributed by atoms with Gasteiger partial charge in [-0.15, -0.1) is 0 Å². The van der Waals surface area contributed by atoms with Gasteiger partial charge in [0, 0.05) is 24.3 Å². The average molecular weight is 489 g/mol. The zero-order valence-corrected chi connectivity index (χ0v) is 19.2. The lowest BCUT2D eigenvalue weighted by Gasteiger charge is -2.20. The third-order valence-corrected chi connectivity index (χ3v) is 7.47. The fourth-order valence-electron chi connectivity index (χ4n) is 4.26. The van der Waals surface area contributed by atoms with Crippen molar-refractivity contribution in [1.82, 2.24) is 15.5 Å². The quantitative estimate of drug-likeness (QED) is 0.389. The van der Waals surface area contributed by atoms with E-state index in [1.54, 1.807) is 0 Å². The number of nitrogens with one attached hydrogen (secondary N) is 3. The Balaban J connectivity index is 1.27. The molecular formula is C23H25FN4O5S. The second-order valence-electron chi connectivity index (χ2n) is 8.42. The summed E-state index contributed by atoms with van der Waals surface area (Å²) in [7, 11) is -3.90. The van der Waals surface area contributed by atoms with E-state index in [9.17, 15) is 27.2 Å². The highest BCUT2D eigenvalue weighted by atomic mass is 32.2. The summed E-state index contributed by atoms with van der Waals surface area (Å²) in [5.41, 5.74) is -0.263. The molecule has 2 fully saturated rings. The highest BCUT2D eigenvalue weighted by Gasteiger charge is 2.51. The molecule has 34 heavy (non-hydrogen) atoms. The van der Waals surface area contributed by atoms with Crippen LogP contribution in [0.25, 0.3) is 0 Å². The van der Waals surface area contributed by atoms with Gasteiger partial charge in [-0.25, -0.2) is 17.6 Å².